The fourth-order valence-corrected chi connectivity index (χ4v) is 3.77. The van der Waals surface area contributed by atoms with E-state index in [1.165, 1.54) is 10.9 Å². The van der Waals surface area contributed by atoms with Crippen molar-refractivity contribution in [1.29, 1.82) is 5.26 Å². The molecule has 1 atom stereocenters. The predicted octanol–water partition coefficient (Wildman–Crippen LogP) is 5.76. The normalized spacial score (nSPS) is 12.3. The molecule has 6 nitrogen and oxygen atoms in total. The van der Waals surface area contributed by atoms with Gasteiger partial charge in [-0.2, -0.15) is 15.0 Å². The Morgan fingerprint density at radius 2 is 2.03 bits per heavy atom. The van der Waals surface area contributed by atoms with Crippen LogP contribution in [0.5, 0.6) is 5.75 Å². The largest absolute Gasteiger partial charge is 0.476 e. The summed E-state index contributed by atoms with van der Waals surface area (Å²) >= 11 is 15.8. The van der Waals surface area contributed by atoms with Crippen molar-refractivity contribution in [2.75, 3.05) is 6.61 Å². The number of fused-ring (bicyclic) bond motifs is 1. The summed E-state index contributed by atoms with van der Waals surface area (Å²) < 4.78 is 7.33. The van der Waals surface area contributed by atoms with Crippen molar-refractivity contribution in [1.82, 2.24) is 9.66 Å². The average molecular weight is 508 g/mol. The number of ether oxygens (including phenoxy) is 1. The van der Waals surface area contributed by atoms with E-state index >= 15 is 0 Å². The third-order valence-corrected chi connectivity index (χ3v) is 5.57. The van der Waals surface area contributed by atoms with Crippen LogP contribution in [0, 0.1) is 11.3 Å². The van der Waals surface area contributed by atoms with Gasteiger partial charge < -0.3 is 4.74 Å². The van der Waals surface area contributed by atoms with Crippen molar-refractivity contribution in [3.8, 4) is 11.8 Å². The molecular weight excluding hydrogens is 491 g/mol. The molecular formula is C21H17BrCl2N4O2. The Bertz CT molecular complexity index is 1210. The minimum absolute atomic E-state index is 0.0248. The van der Waals surface area contributed by atoms with Crippen molar-refractivity contribution in [2.24, 2.45) is 5.10 Å². The van der Waals surface area contributed by atoms with E-state index in [9.17, 15) is 4.79 Å². The highest BCUT2D eigenvalue weighted by Gasteiger charge is 2.16. The van der Waals surface area contributed by atoms with E-state index in [0.717, 1.165) is 10.9 Å². The highest BCUT2D eigenvalue weighted by atomic mass is 79.9. The lowest BCUT2D eigenvalue weighted by atomic mass is 10.1. The molecule has 0 N–H and O–H groups in total. The molecule has 1 heterocycles. The molecule has 0 aliphatic carbocycles. The van der Waals surface area contributed by atoms with Gasteiger partial charge in [0.2, 0.25) is 0 Å². The van der Waals surface area contributed by atoms with Crippen molar-refractivity contribution < 1.29 is 4.74 Å². The lowest BCUT2D eigenvalue weighted by Gasteiger charge is -2.14. The summed E-state index contributed by atoms with van der Waals surface area (Å²) in [7, 11) is 0. The van der Waals surface area contributed by atoms with Crippen molar-refractivity contribution in [3.05, 3.63) is 66.6 Å². The Balaban J connectivity index is 2.10. The van der Waals surface area contributed by atoms with Crippen LogP contribution in [-0.2, 0) is 0 Å². The third-order valence-electron chi connectivity index (χ3n) is 4.51. The molecule has 0 fully saturated rings. The molecule has 0 radical (unpaired) electrons. The van der Waals surface area contributed by atoms with Crippen molar-refractivity contribution >= 4 is 56.2 Å². The second kappa shape index (κ2) is 9.61. The van der Waals surface area contributed by atoms with Gasteiger partial charge in [-0.25, -0.2) is 4.98 Å². The minimum atomic E-state index is -0.265. The van der Waals surface area contributed by atoms with Crippen LogP contribution in [0.4, 0.5) is 0 Å². The minimum Gasteiger partial charge on any atom is -0.476 e. The molecule has 0 bridgehead atoms. The lowest BCUT2D eigenvalue weighted by molar-refractivity contribution is 0.368. The van der Waals surface area contributed by atoms with E-state index < -0.39 is 0 Å². The van der Waals surface area contributed by atoms with E-state index in [-0.39, 0.29) is 33.9 Å². The quantitative estimate of drug-likeness (QED) is 0.397. The topological polar surface area (TPSA) is 80.3 Å². The van der Waals surface area contributed by atoms with Crippen LogP contribution in [0.3, 0.4) is 0 Å². The molecule has 0 saturated carbocycles. The van der Waals surface area contributed by atoms with Gasteiger partial charge in [-0.3, -0.25) is 4.79 Å². The number of nitriles is 1. The van der Waals surface area contributed by atoms with Gasteiger partial charge in [0.1, 0.15) is 11.9 Å². The Labute approximate surface area is 191 Å². The van der Waals surface area contributed by atoms with Gasteiger partial charge in [0.05, 0.1) is 27.2 Å². The lowest BCUT2D eigenvalue weighted by Crippen LogP contribution is -2.23. The summed E-state index contributed by atoms with van der Waals surface area (Å²) in [6.07, 6.45) is 2.29. The van der Waals surface area contributed by atoms with E-state index in [0.29, 0.717) is 22.3 Å². The summed E-state index contributed by atoms with van der Waals surface area (Å²) in [5.41, 5.74) is 0.930. The fraction of sp³-hybridized carbons (Fsp3) is 0.238. The molecule has 0 amide bonds. The monoisotopic (exact) mass is 506 g/mol. The standard InChI is InChI=1S/C21H17BrCl2N4O2/c1-3-12(2)20-27-18-5-4-14(22)10-15(18)21(29)28(20)26-11-13-8-16(23)19(17(24)9-13)30-7-6-25/h4-5,8-12H,3,7H2,1-2H3/t12-/m0/s1. The number of hydrogen-bond donors (Lipinski definition) is 0. The van der Waals surface area contributed by atoms with Crippen LogP contribution in [0.15, 0.2) is 44.7 Å². The molecule has 0 aliphatic rings. The number of halogens is 3. The summed E-state index contributed by atoms with van der Waals surface area (Å²) in [6, 6.07) is 10.4. The smallest absolute Gasteiger partial charge is 0.282 e. The number of hydrogen-bond acceptors (Lipinski definition) is 5. The van der Waals surface area contributed by atoms with Gasteiger partial charge in [0.25, 0.3) is 5.56 Å². The number of nitrogens with zero attached hydrogens (tertiary/aromatic N) is 4. The van der Waals surface area contributed by atoms with Crippen LogP contribution in [0.2, 0.25) is 10.0 Å². The molecule has 1 aromatic heterocycles. The van der Waals surface area contributed by atoms with Crippen LogP contribution < -0.4 is 10.3 Å². The first-order valence-electron chi connectivity index (χ1n) is 9.11. The molecule has 0 saturated heterocycles. The fourth-order valence-electron chi connectivity index (χ4n) is 2.80. The Morgan fingerprint density at radius 1 is 1.33 bits per heavy atom. The summed E-state index contributed by atoms with van der Waals surface area (Å²) in [4.78, 5) is 17.8. The third kappa shape index (κ3) is 4.67. The van der Waals surface area contributed by atoms with Gasteiger partial charge in [-0.15, -0.1) is 0 Å². The predicted molar refractivity (Wildman–Crippen MR) is 123 cm³/mol. The average Bonchev–Trinajstić information content (AvgIpc) is 2.72. The summed E-state index contributed by atoms with van der Waals surface area (Å²) in [5, 5.41) is 14.0. The van der Waals surface area contributed by atoms with E-state index in [1.807, 2.05) is 26.0 Å². The zero-order valence-corrected chi connectivity index (χ0v) is 19.3. The molecule has 3 aromatic rings. The Morgan fingerprint density at radius 3 is 2.67 bits per heavy atom. The molecule has 154 valence electrons. The van der Waals surface area contributed by atoms with Crippen LogP contribution in [0.1, 0.15) is 37.6 Å². The van der Waals surface area contributed by atoms with Gasteiger partial charge in [0, 0.05) is 10.4 Å². The van der Waals surface area contributed by atoms with E-state index in [2.05, 4.69) is 26.0 Å². The molecule has 30 heavy (non-hydrogen) atoms. The molecule has 0 unspecified atom stereocenters. The zero-order chi connectivity index (χ0) is 21.8. The van der Waals surface area contributed by atoms with Crippen molar-refractivity contribution in [2.45, 2.75) is 26.2 Å². The van der Waals surface area contributed by atoms with Gasteiger partial charge >= 0.3 is 0 Å². The first kappa shape index (κ1) is 22.3. The number of benzene rings is 2. The Kier molecular flexibility index (Phi) is 7.14. The maximum atomic E-state index is 13.1. The van der Waals surface area contributed by atoms with Crippen LogP contribution in [0.25, 0.3) is 10.9 Å². The molecule has 0 spiro atoms. The van der Waals surface area contributed by atoms with Crippen LogP contribution in [-0.4, -0.2) is 22.5 Å². The SMILES string of the molecule is CC[C@H](C)c1nc2ccc(Br)cc2c(=O)n1N=Cc1cc(Cl)c(OCC#N)c(Cl)c1. The molecule has 3 rings (SSSR count). The highest BCUT2D eigenvalue weighted by molar-refractivity contribution is 9.10. The first-order chi connectivity index (χ1) is 14.3. The summed E-state index contributed by atoms with van der Waals surface area (Å²) in [5.74, 6) is 0.822. The molecule has 9 heteroatoms. The van der Waals surface area contributed by atoms with Crippen LogP contribution >= 0.6 is 39.1 Å². The molecule has 0 aliphatic heterocycles. The maximum absolute atomic E-state index is 13.1. The first-order valence-corrected chi connectivity index (χ1v) is 10.7. The second-order valence-corrected chi connectivity index (χ2v) is 8.29. The summed E-state index contributed by atoms with van der Waals surface area (Å²) in [6.45, 7) is 3.85. The van der Waals surface area contributed by atoms with Gasteiger partial charge in [0.15, 0.2) is 12.4 Å². The van der Waals surface area contributed by atoms with E-state index in [1.54, 1.807) is 24.3 Å². The second-order valence-electron chi connectivity index (χ2n) is 6.56. The highest BCUT2D eigenvalue weighted by Crippen LogP contribution is 2.33. The van der Waals surface area contributed by atoms with Crippen molar-refractivity contribution in [3.63, 3.8) is 0 Å². The zero-order valence-electron chi connectivity index (χ0n) is 16.2. The maximum Gasteiger partial charge on any atom is 0.282 e. The van der Waals surface area contributed by atoms with Gasteiger partial charge in [-0.05, 0) is 42.3 Å². The number of rotatable bonds is 6. The molecule has 2 aromatic carbocycles. The van der Waals surface area contributed by atoms with Gasteiger partial charge in [-0.1, -0.05) is 53.0 Å². The van der Waals surface area contributed by atoms with E-state index in [4.69, 9.17) is 33.2 Å². The number of aromatic nitrogens is 2. The Hall–Kier alpha value is -2.40.